The van der Waals surface area contributed by atoms with Crippen LogP contribution in [0.2, 0.25) is 5.02 Å². The summed E-state index contributed by atoms with van der Waals surface area (Å²) in [6, 6.07) is 7.63. The molecule has 6 heteroatoms. The highest BCUT2D eigenvalue weighted by atomic mass is 35.5. The van der Waals surface area contributed by atoms with Crippen molar-refractivity contribution in [3.8, 4) is 0 Å². The van der Waals surface area contributed by atoms with Crippen molar-refractivity contribution in [3.63, 3.8) is 0 Å². The van der Waals surface area contributed by atoms with Gasteiger partial charge in [0.25, 0.3) is 0 Å². The Morgan fingerprint density at radius 2 is 2.09 bits per heavy atom. The highest BCUT2D eigenvalue weighted by Gasteiger charge is 2.68. The molecule has 23 heavy (non-hydrogen) atoms. The largest absolute Gasteiger partial charge is 0.466 e. The zero-order valence-corrected chi connectivity index (χ0v) is 14.2. The van der Waals surface area contributed by atoms with Gasteiger partial charge in [0.15, 0.2) is 0 Å². The molecule has 0 N–H and O–H groups in total. The SMILES string of the molecule is CCOC(=O)[C@@H]1[C@H]2C[C@H]3[C@H](OC(=O)[C@H]31)[C@@H]2Sc1ccc(Cl)cc1. The fraction of sp³-hybridized carbons (Fsp3) is 0.529. The fourth-order valence-electron chi connectivity index (χ4n) is 4.38. The maximum absolute atomic E-state index is 12.4. The summed E-state index contributed by atoms with van der Waals surface area (Å²) in [4.78, 5) is 25.6. The molecule has 1 aromatic carbocycles. The van der Waals surface area contributed by atoms with Gasteiger partial charge >= 0.3 is 11.9 Å². The monoisotopic (exact) mass is 352 g/mol. The Morgan fingerprint density at radius 1 is 1.35 bits per heavy atom. The van der Waals surface area contributed by atoms with E-state index in [-0.39, 0.29) is 47.0 Å². The summed E-state index contributed by atoms with van der Waals surface area (Å²) in [7, 11) is 0. The molecule has 0 aromatic heterocycles. The molecule has 2 aliphatic carbocycles. The Hall–Kier alpha value is -1.20. The van der Waals surface area contributed by atoms with Gasteiger partial charge in [-0.2, -0.15) is 0 Å². The first kappa shape index (κ1) is 15.3. The molecule has 6 atom stereocenters. The van der Waals surface area contributed by atoms with E-state index in [0.717, 1.165) is 11.3 Å². The van der Waals surface area contributed by atoms with Gasteiger partial charge in [-0.1, -0.05) is 11.6 Å². The van der Waals surface area contributed by atoms with Crippen LogP contribution in [-0.2, 0) is 19.1 Å². The van der Waals surface area contributed by atoms with Crippen LogP contribution >= 0.6 is 23.4 Å². The van der Waals surface area contributed by atoms with Crippen LogP contribution in [0.15, 0.2) is 29.2 Å². The van der Waals surface area contributed by atoms with E-state index in [1.807, 2.05) is 24.3 Å². The topological polar surface area (TPSA) is 52.6 Å². The predicted octanol–water partition coefficient (Wildman–Crippen LogP) is 3.17. The second-order valence-corrected chi connectivity index (χ2v) is 7.99. The van der Waals surface area contributed by atoms with Crippen molar-refractivity contribution in [1.82, 2.24) is 0 Å². The van der Waals surface area contributed by atoms with Gasteiger partial charge in [0.1, 0.15) is 6.10 Å². The highest BCUT2D eigenvalue weighted by molar-refractivity contribution is 8.00. The number of fused-ring (bicyclic) bond motifs is 1. The van der Waals surface area contributed by atoms with E-state index in [0.29, 0.717) is 11.6 Å². The van der Waals surface area contributed by atoms with Crippen LogP contribution in [0, 0.1) is 23.7 Å². The first-order chi connectivity index (χ1) is 11.1. The van der Waals surface area contributed by atoms with Crippen molar-refractivity contribution in [2.45, 2.75) is 29.6 Å². The second-order valence-electron chi connectivity index (χ2n) is 6.30. The maximum atomic E-state index is 12.4. The third-order valence-electron chi connectivity index (χ3n) is 5.19. The molecule has 2 bridgehead atoms. The van der Waals surface area contributed by atoms with Crippen molar-refractivity contribution in [2.24, 2.45) is 23.7 Å². The molecule has 1 aliphatic heterocycles. The van der Waals surface area contributed by atoms with E-state index in [4.69, 9.17) is 21.1 Å². The number of thioether (sulfide) groups is 1. The van der Waals surface area contributed by atoms with Gasteiger partial charge in [0, 0.05) is 15.8 Å². The lowest BCUT2D eigenvalue weighted by atomic mass is 9.80. The van der Waals surface area contributed by atoms with Gasteiger partial charge in [-0.25, -0.2) is 0 Å². The van der Waals surface area contributed by atoms with Crippen molar-refractivity contribution in [3.05, 3.63) is 29.3 Å². The summed E-state index contributed by atoms with van der Waals surface area (Å²) in [5, 5.41) is 0.803. The second kappa shape index (κ2) is 5.71. The minimum atomic E-state index is -0.351. The van der Waals surface area contributed by atoms with Gasteiger partial charge in [-0.15, -0.1) is 11.8 Å². The zero-order valence-electron chi connectivity index (χ0n) is 12.6. The van der Waals surface area contributed by atoms with E-state index in [1.54, 1.807) is 18.7 Å². The van der Waals surface area contributed by atoms with Gasteiger partial charge in [-0.05, 0) is 43.5 Å². The molecule has 1 heterocycles. The molecule has 4 nitrogen and oxygen atoms in total. The number of ether oxygens (including phenoxy) is 2. The van der Waals surface area contributed by atoms with Crippen molar-refractivity contribution in [2.75, 3.05) is 6.61 Å². The smallest absolute Gasteiger partial charge is 0.310 e. The number of halogens is 1. The third-order valence-corrected chi connectivity index (χ3v) is 6.88. The van der Waals surface area contributed by atoms with E-state index >= 15 is 0 Å². The number of esters is 2. The summed E-state index contributed by atoms with van der Waals surface area (Å²) < 4.78 is 10.8. The Balaban J connectivity index is 1.60. The molecule has 1 aromatic rings. The molecule has 0 amide bonds. The predicted molar refractivity (Wildman–Crippen MR) is 86.2 cm³/mol. The lowest BCUT2D eigenvalue weighted by Gasteiger charge is -2.30. The molecule has 0 spiro atoms. The summed E-state index contributed by atoms with van der Waals surface area (Å²) in [5.41, 5.74) is 0. The zero-order chi connectivity index (χ0) is 16.1. The minimum absolute atomic E-state index is 0.0798. The number of carbonyl (C=O) groups excluding carboxylic acids is 2. The van der Waals surface area contributed by atoms with Crippen LogP contribution in [-0.4, -0.2) is 29.9 Å². The average molecular weight is 353 g/mol. The van der Waals surface area contributed by atoms with Crippen molar-refractivity contribution >= 4 is 35.3 Å². The minimum Gasteiger partial charge on any atom is -0.466 e. The highest BCUT2D eigenvalue weighted by Crippen LogP contribution is 2.61. The first-order valence-electron chi connectivity index (χ1n) is 7.89. The Bertz CT molecular complexity index is 646. The molecule has 3 fully saturated rings. The Morgan fingerprint density at radius 3 is 2.78 bits per heavy atom. The van der Waals surface area contributed by atoms with Gasteiger partial charge < -0.3 is 9.47 Å². The Kier molecular flexibility index (Phi) is 3.81. The number of hydrogen-bond donors (Lipinski definition) is 0. The lowest BCUT2D eigenvalue weighted by Crippen LogP contribution is -2.40. The van der Waals surface area contributed by atoms with E-state index in [1.165, 1.54) is 0 Å². The normalized spacial score (nSPS) is 37.0. The molecule has 2 saturated carbocycles. The number of carbonyl (C=O) groups is 2. The van der Waals surface area contributed by atoms with Crippen LogP contribution in [0.25, 0.3) is 0 Å². The molecule has 4 rings (SSSR count). The number of benzene rings is 1. The van der Waals surface area contributed by atoms with E-state index in [9.17, 15) is 9.59 Å². The quantitative estimate of drug-likeness (QED) is 0.779. The molecule has 0 radical (unpaired) electrons. The summed E-state index contributed by atoms with van der Waals surface area (Å²) in [5.74, 6) is -0.821. The Labute approximate surface area is 143 Å². The van der Waals surface area contributed by atoms with Crippen LogP contribution in [0.1, 0.15) is 13.3 Å². The van der Waals surface area contributed by atoms with Crippen LogP contribution in [0.4, 0.5) is 0 Å². The van der Waals surface area contributed by atoms with E-state index in [2.05, 4.69) is 0 Å². The first-order valence-corrected chi connectivity index (χ1v) is 9.15. The summed E-state index contributed by atoms with van der Waals surface area (Å²) >= 11 is 7.61. The molecule has 0 unspecified atom stereocenters. The van der Waals surface area contributed by atoms with Gasteiger partial charge in [-0.3, -0.25) is 9.59 Å². The average Bonchev–Trinajstić information content (AvgIpc) is 3.13. The molecule has 3 aliphatic rings. The van der Waals surface area contributed by atoms with Gasteiger partial charge in [0.2, 0.25) is 0 Å². The molecule has 1 saturated heterocycles. The number of rotatable bonds is 4. The summed E-state index contributed by atoms with van der Waals surface area (Å²) in [6.07, 6.45) is 0.791. The van der Waals surface area contributed by atoms with Crippen LogP contribution < -0.4 is 0 Å². The third kappa shape index (κ3) is 2.36. The fourth-order valence-corrected chi connectivity index (χ4v) is 5.96. The van der Waals surface area contributed by atoms with Crippen LogP contribution in [0.3, 0.4) is 0 Å². The van der Waals surface area contributed by atoms with Gasteiger partial charge in [0.05, 0.1) is 23.7 Å². The summed E-state index contributed by atoms with van der Waals surface area (Å²) in [6.45, 7) is 2.13. The molecule has 122 valence electrons. The van der Waals surface area contributed by atoms with Crippen LogP contribution in [0.5, 0.6) is 0 Å². The lowest BCUT2D eigenvalue weighted by molar-refractivity contribution is -0.155. The van der Waals surface area contributed by atoms with Crippen molar-refractivity contribution < 1.29 is 19.1 Å². The number of hydrogen-bond acceptors (Lipinski definition) is 5. The molecular weight excluding hydrogens is 336 g/mol. The van der Waals surface area contributed by atoms with E-state index < -0.39 is 0 Å². The molecular formula is C17H17ClO4S. The standard InChI is InChI=1S/C17H17ClO4S/c1-2-21-16(19)13-11-7-10-12(13)17(20)22-14(10)15(11)23-9-5-3-8(18)4-6-9/h3-6,10-15H,2,7H2,1H3/t10-,11-,12-,13-,14+,15-/m1/s1. The van der Waals surface area contributed by atoms with Crippen molar-refractivity contribution in [1.29, 1.82) is 0 Å². The maximum Gasteiger partial charge on any atom is 0.310 e.